The Kier molecular flexibility index (Phi) is 10.6. The van der Waals surface area contributed by atoms with Crippen LogP contribution < -0.4 is 16.4 Å². The summed E-state index contributed by atoms with van der Waals surface area (Å²) in [6, 6.07) is 51.6. The lowest BCUT2D eigenvalue weighted by molar-refractivity contribution is 0.576. The molecule has 4 aliphatic rings. The standard InChI is InChI=1S/C87H92BN3/c1-79(2,3)45-27-32-65-55(35-45)69-60(85(19,20)21)43-61(86(22,23)24)71-72-68(90(65)78(69)71)44-64-77-70(72)56-36-46(80(4,5)6)28-33-66(56)89(77)67-34-31-57-76-73(67)88(64)63-42-50(84(16,17)18)38-54-53-37-49(83(13,14)15)41-62(74(53)91(76)75(54)63)87(57)58-39-47(81(7,8)9)25-29-51(58)52-30-26-48(40-59(52)87)82(10,11)12/h25-44H,1-24H3. The minimum atomic E-state index is -0.651. The van der Waals surface area contributed by atoms with Gasteiger partial charge >= 0.3 is 0 Å². The van der Waals surface area contributed by atoms with Crippen LogP contribution in [0.1, 0.15) is 233 Å². The van der Waals surface area contributed by atoms with E-state index in [9.17, 15) is 0 Å². The Morgan fingerprint density at radius 3 is 1.29 bits per heavy atom. The van der Waals surface area contributed by atoms with Gasteiger partial charge in [0.05, 0.1) is 38.5 Å². The molecule has 0 atom stereocenters. The molecule has 1 aliphatic carbocycles. The molecular formula is C87H92BN3. The van der Waals surface area contributed by atoms with E-state index in [0.29, 0.717) is 0 Å². The van der Waals surface area contributed by atoms with Crippen molar-refractivity contribution in [2.45, 2.75) is 215 Å². The van der Waals surface area contributed by atoms with Gasteiger partial charge in [-0.15, -0.1) is 0 Å². The third-order valence-electron chi connectivity index (χ3n) is 22.9. The Balaban J connectivity index is 1.15. The topological polar surface area (TPSA) is 14.3 Å². The van der Waals surface area contributed by atoms with E-state index in [4.69, 9.17) is 0 Å². The molecule has 0 radical (unpaired) electrons. The quantitative estimate of drug-likeness (QED) is 0.134. The average Bonchev–Trinajstić information content (AvgIpc) is 1.52. The number of aromatic nitrogens is 3. The number of nitrogens with zero attached hydrogens (tertiary/aromatic N) is 3. The lowest BCUT2D eigenvalue weighted by Gasteiger charge is -2.45. The molecule has 458 valence electrons. The molecule has 4 aromatic heterocycles. The van der Waals surface area contributed by atoms with Crippen molar-refractivity contribution < 1.29 is 0 Å². The largest absolute Gasteiger partial charge is 0.310 e. The molecule has 7 heterocycles. The maximum absolute atomic E-state index is 2.84. The van der Waals surface area contributed by atoms with E-state index in [0.717, 1.165) is 0 Å². The van der Waals surface area contributed by atoms with Crippen molar-refractivity contribution in [2.75, 3.05) is 0 Å². The maximum Gasteiger partial charge on any atom is 0.252 e. The summed E-state index contributed by atoms with van der Waals surface area (Å²) in [5.41, 5.74) is 34.3. The van der Waals surface area contributed by atoms with Crippen LogP contribution in [-0.4, -0.2) is 20.2 Å². The van der Waals surface area contributed by atoms with Crippen LogP contribution in [0.15, 0.2) is 121 Å². The van der Waals surface area contributed by atoms with Crippen LogP contribution in [0.2, 0.25) is 0 Å². The summed E-state index contributed by atoms with van der Waals surface area (Å²) in [6.07, 6.45) is 0. The van der Waals surface area contributed by atoms with Gasteiger partial charge in [0.25, 0.3) is 6.71 Å². The fraction of sp³-hybridized carbons (Fsp3) is 0.379. The van der Waals surface area contributed by atoms with Crippen molar-refractivity contribution in [2.24, 2.45) is 0 Å². The van der Waals surface area contributed by atoms with E-state index < -0.39 is 5.41 Å². The normalized spacial score (nSPS) is 15.5. The molecular weight excluding hydrogens is 1100 g/mol. The van der Waals surface area contributed by atoms with Crippen LogP contribution >= 0.6 is 0 Å². The molecule has 13 aromatic rings. The highest BCUT2D eigenvalue weighted by molar-refractivity contribution is 7.00. The molecule has 0 saturated carbocycles. The second-order valence-electron chi connectivity index (χ2n) is 37.1. The molecule has 0 bridgehead atoms. The first-order chi connectivity index (χ1) is 42.2. The molecule has 4 heteroatoms. The molecule has 0 amide bonds. The van der Waals surface area contributed by atoms with Crippen molar-refractivity contribution in [1.29, 1.82) is 0 Å². The Morgan fingerprint density at radius 2 is 0.747 bits per heavy atom. The van der Waals surface area contributed by atoms with Crippen LogP contribution in [0.5, 0.6) is 0 Å². The molecule has 9 aromatic carbocycles. The van der Waals surface area contributed by atoms with Gasteiger partial charge in [0, 0.05) is 60.0 Å². The molecule has 3 aliphatic heterocycles. The third kappa shape index (κ3) is 7.14. The molecule has 3 nitrogen and oxygen atoms in total. The van der Waals surface area contributed by atoms with E-state index in [1.807, 2.05) is 0 Å². The molecule has 0 fully saturated rings. The third-order valence-corrected chi connectivity index (χ3v) is 22.9. The smallest absolute Gasteiger partial charge is 0.252 e. The zero-order valence-electron chi connectivity index (χ0n) is 59.0. The molecule has 1 spiro atoms. The summed E-state index contributed by atoms with van der Waals surface area (Å²) in [5.74, 6) is 0. The number of hydrogen-bond acceptors (Lipinski definition) is 0. The summed E-state index contributed by atoms with van der Waals surface area (Å²) < 4.78 is 8.40. The van der Waals surface area contributed by atoms with E-state index in [1.165, 1.54) is 187 Å². The Labute approximate surface area is 540 Å². The summed E-state index contributed by atoms with van der Waals surface area (Å²) in [4.78, 5) is 0. The summed E-state index contributed by atoms with van der Waals surface area (Å²) >= 11 is 0. The average molecular weight is 1190 g/mol. The lowest BCUT2D eigenvalue weighted by Crippen LogP contribution is -2.60. The summed E-state index contributed by atoms with van der Waals surface area (Å²) in [6.45, 7) is 57.9. The maximum atomic E-state index is 2.84. The van der Waals surface area contributed by atoms with Crippen LogP contribution in [0.25, 0.3) is 104 Å². The first-order valence-electron chi connectivity index (χ1n) is 34.2. The summed E-state index contributed by atoms with van der Waals surface area (Å²) in [7, 11) is 0. The van der Waals surface area contributed by atoms with Crippen molar-refractivity contribution >= 4 is 105 Å². The predicted molar refractivity (Wildman–Crippen MR) is 395 cm³/mol. The SMILES string of the molecule is CC(C)(C)c1ccc2c(c1)C1(c3cc(C(C)(C)C)ccc3-2)c2ccc3c4c2-n2c5c(cc(C(C)(C)C)cc5c5cc(C(C)(C)C)cc1c52)B4c1cc2c(c4c(C(C)(C)C)cc(C(C)(C)C)c5c6cc(C(C)(C)C)ccc6n2c54)c2c4cc(C(C)(C)C)ccc4n-3c12. The number of rotatable bonds is 0. The van der Waals surface area contributed by atoms with Gasteiger partial charge in [0.2, 0.25) is 0 Å². The van der Waals surface area contributed by atoms with Crippen LogP contribution in [0, 0.1) is 0 Å². The lowest BCUT2D eigenvalue weighted by atomic mass is 9.33. The van der Waals surface area contributed by atoms with Crippen molar-refractivity contribution in [3.05, 3.63) is 188 Å². The van der Waals surface area contributed by atoms with Crippen molar-refractivity contribution in [3.8, 4) is 22.5 Å². The van der Waals surface area contributed by atoms with Gasteiger partial charge in [-0.25, -0.2) is 0 Å². The van der Waals surface area contributed by atoms with Gasteiger partial charge in [-0.05, 0) is 186 Å². The minimum Gasteiger partial charge on any atom is -0.310 e. The van der Waals surface area contributed by atoms with E-state index in [1.54, 1.807) is 0 Å². The molecule has 0 saturated heterocycles. The number of fused-ring (bicyclic) bond motifs is 21. The molecule has 0 N–H and O–H groups in total. The highest BCUT2D eigenvalue weighted by atomic mass is 15.1. The second-order valence-corrected chi connectivity index (χ2v) is 37.1. The van der Waals surface area contributed by atoms with E-state index >= 15 is 0 Å². The van der Waals surface area contributed by atoms with Gasteiger partial charge < -0.3 is 13.5 Å². The number of hydrogen-bond donors (Lipinski definition) is 0. The first kappa shape index (κ1) is 57.4. The Hall–Kier alpha value is -7.56. The van der Waals surface area contributed by atoms with E-state index in [-0.39, 0.29) is 50.0 Å². The summed E-state index contributed by atoms with van der Waals surface area (Å²) in [5, 5.41) is 11.1. The molecule has 17 rings (SSSR count). The zero-order chi connectivity index (χ0) is 64.6. The van der Waals surface area contributed by atoms with Crippen LogP contribution in [0.3, 0.4) is 0 Å². The van der Waals surface area contributed by atoms with Crippen molar-refractivity contribution in [1.82, 2.24) is 13.5 Å². The zero-order valence-corrected chi connectivity index (χ0v) is 59.0. The second kappa shape index (κ2) is 16.8. The minimum absolute atomic E-state index is 0.0212. The Bertz CT molecular complexity index is 5460. The fourth-order valence-electron chi connectivity index (χ4n) is 18.0. The fourth-order valence-corrected chi connectivity index (χ4v) is 18.0. The van der Waals surface area contributed by atoms with Crippen LogP contribution in [-0.2, 0) is 48.7 Å². The van der Waals surface area contributed by atoms with Crippen molar-refractivity contribution in [3.63, 3.8) is 0 Å². The van der Waals surface area contributed by atoms with Crippen LogP contribution in [0.4, 0.5) is 0 Å². The van der Waals surface area contributed by atoms with E-state index in [2.05, 4.69) is 301 Å². The van der Waals surface area contributed by atoms with Gasteiger partial charge in [-0.3, -0.25) is 0 Å². The molecule has 91 heavy (non-hydrogen) atoms. The van der Waals surface area contributed by atoms with Gasteiger partial charge in [-0.2, -0.15) is 0 Å². The molecule has 0 unspecified atom stereocenters. The highest BCUT2D eigenvalue weighted by Gasteiger charge is 2.56. The highest BCUT2D eigenvalue weighted by Crippen LogP contribution is 2.64. The van der Waals surface area contributed by atoms with Gasteiger partial charge in [-0.1, -0.05) is 239 Å². The van der Waals surface area contributed by atoms with Gasteiger partial charge in [0.1, 0.15) is 0 Å². The van der Waals surface area contributed by atoms with Gasteiger partial charge in [0.15, 0.2) is 0 Å². The monoisotopic (exact) mass is 1190 g/mol. The Morgan fingerprint density at radius 1 is 0.297 bits per heavy atom. The first-order valence-corrected chi connectivity index (χ1v) is 34.2. The number of benzene rings is 9. The predicted octanol–water partition coefficient (Wildman–Crippen LogP) is 21.2.